The number of para-hydroxylation sites is 1. The monoisotopic (exact) mass is 350 g/mol. The van der Waals surface area contributed by atoms with Crippen LogP contribution in [-0.2, 0) is 10.0 Å². The van der Waals surface area contributed by atoms with Gasteiger partial charge in [-0.2, -0.15) is 0 Å². The number of sulfonamides is 1. The van der Waals surface area contributed by atoms with Crippen LogP contribution in [0.1, 0.15) is 10.4 Å². The summed E-state index contributed by atoms with van der Waals surface area (Å²) in [7, 11) is -4.01. The van der Waals surface area contributed by atoms with Gasteiger partial charge < -0.3 is 9.90 Å². The van der Waals surface area contributed by atoms with Crippen molar-refractivity contribution >= 4 is 33.3 Å². The first-order chi connectivity index (χ1) is 10.9. The first kappa shape index (κ1) is 17.1. The number of anilines is 1. The van der Waals surface area contributed by atoms with Crippen molar-refractivity contribution in [2.24, 2.45) is 0 Å². The molecular formula is C16H13ClNO4S-. The highest BCUT2D eigenvalue weighted by Gasteiger charge is 2.25. The summed E-state index contributed by atoms with van der Waals surface area (Å²) >= 11 is 6.09. The van der Waals surface area contributed by atoms with Crippen molar-refractivity contribution in [3.63, 3.8) is 0 Å². The number of halogens is 1. The van der Waals surface area contributed by atoms with Crippen LogP contribution in [0.3, 0.4) is 0 Å². The summed E-state index contributed by atoms with van der Waals surface area (Å²) in [5, 5.41) is 11.2. The summed E-state index contributed by atoms with van der Waals surface area (Å²) in [6, 6.07) is 11.4. The minimum atomic E-state index is -4.01. The highest BCUT2D eigenvalue weighted by atomic mass is 35.5. The standard InChI is InChI=1S/C16H14ClNO4S/c1-2-10-18(15-9-4-3-8-14(15)17)23(21,22)13-7-5-6-12(11-13)16(19)20/h2-9,11H,1,10H2,(H,19,20)/p-1. The minimum Gasteiger partial charge on any atom is -0.545 e. The van der Waals surface area contributed by atoms with Gasteiger partial charge in [-0.3, -0.25) is 4.31 Å². The van der Waals surface area contributed by atoms with Crippen LogP contribution in [0.15, 0.2) is 66.1 Å². The van der Waals surface area contributed by atoms with Gasteiger partial charge in [0, 0.05) is 0 Å². The van der Waals surface area contributed by atoms with E-state index in [1.807, 2.05) is 0 Å². The van der Waals surface area contributed by atoms with Crippen molar-refractivity contribution in [3.8, 4) is 0 Å². The number of rotatable bonds is 6. The summed E-state index contributed by atoms with van der Waals surface area (Å²) in [5.74, 6) is -1.45. The number of carboxylic acids is 1. The number of carbonyl (C=O) groups excluding carboxylic acids is 1. The molecule has 23 heavy (non-hydrogen) atoms. The second kappa shape index (κ2) is 6.85. The molecule has 0 aliphatic carbocycles. The lowest BCUT2D eigenvalue weighted by molar-refractivity contribution is -0.255. The third-order valence-corrected chi connectivity index (χ3v) is 5.17. The summed E-state index contributed by atoms with van der Waals surface area (Å²) in [6.45, 7) is 3.54. The molecule has 0 radical (unpaired) electrons. The van der Waals surface area contributed by atoms with Crippen molar-refractivity contribution in [2.75, 3.05) is 10.8 Å². The highest BCUT2D eigenvalue weighted by Crippen LogP contribution is 2.30. The molecular weight excluding hydrogens is 338 g/mol. The second-order valence-corrected chi connectivity index (χ2v) is 6.86. The van der Waals surface area contributed by atoms with E-state index in [1.54, 1.807) is 24.3 Å². The SMILES string of the molecule is C=CCN(c1ccccc1Cl)S(=O)(=O)c1cccc(C(=O)[O-])c1. The Morgan fingerprint density at radius 1 is 1.22 bits per heavy atom. The number of aromatic carboxylic acids is 1. The van der Waals surface area contributed by atoms with Gasteiger partial charge in [-0.05, 0) is 29.8 Å². The fourth-order valence-corrected chi connectivity index (χ4v) is 3.80. The Hall–Kier alpha value is -2.31. The number of hydrogen-bond donors (Lipinski definition) is 0. The molecule has 0 saturated heterocycles. The summed E-state index contributed by atoms with van der Waals surface area (Å²) < 4.78 is 26.8. The average Bonchev–Trinajstić information content (AvgIpc) is 2.53. The van der Waals surface area contributed by atoms with E-state index in [0.29, 0.717) is 0 Å². The maximum absolute atomic E-state index is 12.9. The fraction of sp³-hybridized carbons (Fsp3) is 0.0625. The molecule has 0 aliphatic rings. The van der Waals surface area contributed by atoms with Crippen LogP contribution >= 0.6 is 11.6 Å². The van der Waals surface area contributed by atoms with Crippen molar-refractivity contribution in [1.82, 2.24) is 0 Å². The van der Waals surface area contributed by atoms with Crippen LogP contribution in [-0.4, -0.2) is 20.9 Å². The van der Waals surface area contributed by atoms with Gasteiger partial charge in [-0.25, -0.2) is 8.42 Å². The molecule has 2 aromatic rings. The predicted molar refractivity (Wildman–Crippen MR) is 87.0 cm³/mol. The molecule has 5 nitrogen and oxygen atoms in total. The molecule has 0 bridgehead atoms. The molecule has 7 heteroatoms. The molecule has 0 amide bonds. The van der Waals surface area contributed by atoms with Gasteiger partial charge in [0.1, 0.15) is 0 Å². The van der Waals surface area contributed by atoms with Crippen molar-refractivity contribution < 1.29 is 18.3 Å². The number of carbonyl (C=O) groups is 1. The van der Waals surface area contributed by atoms with Crippen LogP contribution in [0.25, 0.3) is 0 Å². The van der Waals surface area contributed by atoms with E-state index in [0.717, 1.165) is 10.4 Å². The van der Waals surface area contributed by atoms with Crippen LogP contribution < -0.4 is 9.41 Å². The zero-order valence-electron chi connectivity index (χ0n) is 12.0. The third kappa shape index (κ3) is 3.55. The molecule has 0 unspecified atom stereocenters. The van der Waals surface area contributed by atoms with Crippen LogP contribution in [0.2, 0.25) is 5.02 Å². The van der Waals surface area contributed by atoms with E-state index in [9.17, 15) is 18.3 Å². The largest absolute Gasteiger partial charge is 0.545 e. The lowest BCUT2D eigenvalue weighted by Gasteiger charge is -2.24. The summed E-state index contributed by atoms with van der Waals surface area (Å²) in [6.07, 6.45) is 1.42. The summed E-state index contributed by atoms with van der Waals surface area (Å²) in [5.41, 5.74) is 0.0664. The molecule has 0 aliphatic heterocycles. The van der Waals surface area contributed by atoms with Crippen molar-refractivity contribution in [2.45, 2.75) is 4.90 Å². The van der Waals surface area contributed by atoms with E-state index in [4.69, 9.17) is 11.6 Å². The van der Waals surface area contributed by atoms with E-state index in [1.165, 1.54) is 24.3 Å². The second-order valence-electron chi connectivity index (χ2n) is 4.59. The number of hydrogen-bond acceptors (Lipinski definition) is 4. The first-order valence-electron chi connectivity index (χ1n) is 6.57. The normalized spacial score (nSPS) is 11.0. The lowest BCUT2D eigenvalue weighted by Crippen LogP contribution is -2.32. The topological polar surface area (TPSA) is 77.5 Å². The Morgan fingerprint density at radius 3 is 2.52 bits per heavy atom. The Kier molecular flexibility index (Phi) is 5.08. The fourth-order valence-electron chi connectivity index (χ4n) is 2.01. The highest BCUT2D eigenvalue weighted by molar-refractivity contribution is 7.92. The smallest absolute Gasteiger partial charge is 0.264 e. The van der Waals surface area contributed by atoms with Gasteiger partial charge in [0.15, 0.2) is 0 Å². The lowest BCUT2D eigenvalue weighted by atomic mass is 10.2. The molecule has 120 valence electrons. The molecule has 2 rings (SSSR count). The third-order valence-electron chi connectivity index (χ3n) is 3.07. The van der Waals surface area contributed by atoms with Gasteiger partial charge >= 0.3 is 0 Å². The van der Waals surface area contributed by atoms with Gasteiger partial charge in [0.05, 0.1) is 28.1 Å². The average molecular weight is 351 g/mol. The minimum absolute atomic E-state index is 0.0123. The van der Waals surface area contributed by atoms with E-state index in [2.05, 4.69) is 6.58 Å². The van der Waals surface area contributed by atoms with E-state index < -0.39 is 16.0 Å². The maximum Gasteiger partial charge on any atom is 0.264 e. The molecule has 0 N–H and O–H groups in total. The number of benzene rings is 2. The van der Waals surface area contributed by atoms with Gasteiger partial charge in [0.25, 0.3) is 10.0 Å². The quantitative estimate of drug-likeness (QED) is 0.747. The summed E-state index contributed by atoms with van der Waals surface area (Å²) in [4.78, 5) is 10.8. The van der Waals surface area contributed by atoms with Gasteiger partial charge in [-0.15, -0.1) is 6.58 Å². The Morgan fingerprint density at radius 2 is 1.91 bits per heavy atom. The molecule has 0 heterocycles. The maximum atomic E-state index is 12.9. The molecule has 0 aromatic heterocycles. The van der Waals surface area contributed by atoms with Crippen LogP contribution in [0.5, 0.6) is 0 Å². The Bertz CT molecular complexity index is 849. The molecule has 0 saturated carbocycles. The van der Waals surface area contributed by atoms with E-state index in [-0.39, 0.29) is 27.7 Å². The van der Waals surface area contributed by atoms with Crippen molar-refractivity contribution in [3.05, 3.63) is 71.8 Å². The zero-order chi connectivity index (χ0) is 17.0. The Balaban J connectivity index is 2.58. The van der Waals surface area contributed by atoms with Gasteiger partial charge in [0.2, 0.25) is 0 Å². The van der Waals surface area contributed by atoms with Crippen molar-refractivity contribution in [1.29, 1.82) is 0 Å². The Labute approximate surface area is 139 Å². The van der Waals surface area contributed by atoms with Gasteiger partial charge in [-0.1, -0.05) is 41.9 Å². The predicted octanol–water partition coefficient (Wildman–Crippen LogP) is 2.08. The molecule has 0 spiro atoms. The molecule has 0 fully saturated rings. The number of carboxylic acid groups (broad SMARTS) is 1. The van der Waals surface area contributed by atoms with E-state index >= 15 is 0 Å². The molecule has 2 aromatic carbocycles. The first-order valence-corrected chi connectivity index (χ1v) is 8.39. The zero-order valence-corrected chi connectivity index (χ0v) is 13.5. The number of nitrogens with zero attached hydrogens (tertiary/aromatic N) is 1. The van der Waals surface area contributed by atoms with Crippen LogP contribution in [0, 0.1) is 0 Å². The van der Waals surface area contributed by atoms with Crippen LogP contribution in [0.4, 0.5) is 5.69 Å². The molecule has 0 atom stereocenters.